The SMILES string of the molecule is CCC[C@@H]1NC(=O)[C@@H](NC(=O)[C@@H](N)CCC(=O)O)C(C)(C)OCCCC[C@@H]([C@H](O)CNc2ccc(C)cc2)NC1=O. The summed E-state index contributed by atoms with van der Waals surface area (Å²) in [5.74, 6) is -2.83. The summed E-state index contributed by atoms with van der Waals surface area (Å²) in [6.07, 6.45) is 1.38. The van der Waals surface area contributed by atoms with E-state index in [0.29, 0.717) is 32.1 Å². The minimum absolute atomic E-state index is 0.0971. The fourth-order valence-electron chi connectivity index (χ4n) is 4.59. The maximum absolute atomic E-state index is 13.5. The van der Waals surface area contributed by atoms with Crippen LogP contribution in [0.25, 0.3) is 0 Å². The number of carbonyl (C=O) groups is 4. The van der Waals surface area contributed by atoms with Gasteiger partial charge in [-0.25, -0.2) is 0 Å². The summed E-state index contributed by atoms with van der Waals surface area (Å²) >= 11 is 0. The topological polar surface area (TPSA) is 192 Å². The van der Waals surface area contributed by atoms with Crippen LogP contribution >= 0.6 is 0 Å². The largest absolute Gasteiger partial charge is 0.481 e. The monoisotopic (exact) mass is 577 g/mol. The van der Waals surface area contributed by atoms with Crippen LogP contribution in [-0.4, -0.2) is 82.9 Å². The van der Waals surface area contributed by atoms with Crippen molar-refractivity contribution in [2.45, 2.75) is 109 Å². The summed E-state index contributed by atoms with van der Waals surface area (Å²) in [5, 5.41) is 31.4. The third-order valence-corrected chi connectivity index (χ3v) is 7.20. The number of nitrogens with two attached hydrogens (primary N) is 1. The number of benzene rings is 1. The lowest BCUT2D eigenvalue weighted by molar-refractivity contribution is -0.141. The van der Waals surface area contributed by atoms with Gasteiger partial charge in [-0.15, -0.1) is 0 Å². The Morgan fingerprint density at radius 2 is 1.83 bits per heavy atom. The van der Waals surface area contributed by atoms with Gasteiger partial charge in [-0.1, -0.05) is 31.0 Å². The number of hydrogen-bond donors (Lipinski definition) is 7. The van der Waals surface area contributed by atoms with Gasteiger partial charge in [0.2, 0.25) is 17.7 Å². The number of ether oxygens (including phenoxy) is 1. The molecule has 1 fully saturated rings. The molecule has 3 amide bonds. The van der Waals surface area contributed by atoms with E-state index in [4.69, 9.17) is 15.6 Å². The van der Waals surface area contributed by atoms with Gasteiger partial charge in [0.25, 0.3) is 0 Å². The molecule has 0 aromatic heterocycles. The second kappa shape index (κ2) is 16.3. The smallest absolute Gasteiger partial charge is 0.303 e. The van der Waals surface area contributed by atoms with Crippen LogP contribution in [0.4, 0.5) is 5.69 Å². The highest BCUT2D eigenvalue weighted by Gasteiger charge is 2.40. The molecular formula is C29H47N5O7. The summed E-state index contributed by atoms with van der Waals surface area (Å²) in [5.41, 5.74) is 6.69. The summed E-state index contributed by atoms with van der Waals surface area (Å²) in [6.45, 7) is 7.70. The van der Waals surface area contributed by atoms with Gasteiger partial charge in [-0.2, -0.15) is 0 Å². The van der Waals surface area contributed by atoms with Crippen molar-refractivity contribution >= 4 is 29.4 Å². The Balaban J connectivity index is 2.20. The van der Waals surface area contributed by atoms with Crippen LogP contribution in [0.15, 0.2) is 24.3 Å². The summed E-state index contributed by atoms with van der Waals surface area (Å²) in [4.78, 5) is 50.6. The molecule has 1 aliphatic heterocycles. The number of nitrogens with one attached hydrogen (secondary N) is 4. The number of aliphatic hydroxyl groups excluding tert-OH is 1. The third-order valence-electron chi connectivity index (χ3n) is 7.20. The maximum atomic E-state index is 13.5. The molecule has 12 nitrogen and oxygen atoms in total. The molecule has 230 valence electrons. The molecule has 0 unspecified atom stereocenters. The number of aliphatic carboxylic acids is 1. The molecule has 12 heteroatoms. The molecule has 0 saturated carbocycles. The molecule has 5 atom stereocenters. The first-order valence-corrected chi connectivity index (χ1v) is 14.3. The van der Waals surface area contributed by atoms with Gasteiger partial charge >= 0.3 is 5.97 Å². The van der Waals surface area contributed by atoms with Crippen LogP contribution in [0.2, 0.25) is 0 Å². The highest BCUT2D eigenvalue weighted by Crippen LogP contribution is 2.19. The first-order chi connectivity index (χ1) is 19.3. The molecule has 0 radical (unpaired) electrons. The Morgan fingerprint density at radius 1 is 1.15 bits per heavy atom. The van der Waals surface area contributed by atoms with E-state index in [-0.39, 0.29) is 26.0 Å². The number of rotatable bonds is 11. The van der Waals surface area contributed by atoms with Crippen molar-refractivity contribution in [2.24, 2.45) is 5.73 Å². The van der Waals surface area contributed by atoms with E-state index in [1.165, 1.54) is 0 Å². The predicted octanol–water partition coefficient (Wildman–Crippen LogP) is 1.19. The van der Waals surface area contributed by atoms with Gasteiger partial charge in [0.05, 0.1) is 23.8 Å². The van der Waals surface area contributed by atoms with Crippen molar-refractivity contribution in [2.75, 3.05) is 18.5 Å². The Morgan fingerprint density at radius 3 is 2.46 bits per heavy atom. The van der Waals surface area contributed by atoms with E-state index in [2.05, 4.69) is 21.3 Å². The van der Waals surface area contributed by atoms with Crippen molar-refractivity contribution in [1.82, 2.24) is 16.0 Å². The van der Waals surface area contributed by atoms with Crippen molar-refractivity contribution in [1.29, 1.82) is 0 Å². The van der Waals surface area contributed by atoms with Gasteiger partial charge in [0.1, 0.15) is 12.1 Å². The molecule has 1 aliphatic rings. The second-order valence-corrected chi connectivity index (χ2v) is 11.2. The number of aliphatic hydroxyl groups is 1. The molecule has 0 spiro atoms. The van der Waals surface area contributed by atoms with Gasteiger partial charge < -0.3 is 42.0 Å². The molecule has 0 bridgehead atoms. The zero-order chi connectivity index (χ0) is 30.6. The van der Waals surface area contributed by atoms with Crippen LogP contribution in [0.3, 0.4) is 0 Å². The standard InChI is InChI=1S/C29H47N5O7/c1-5-8-22-27(39)32-21(23(35)17-31-19-12-10-18(2)11-13-19)9-6-7-16-41-29(3,4)25(28(40)33-22)34-26(38)20(30)14-15-24(36)37/h10-13,20-23,25,31,35H,5-9,14-17,30H2,1-4H3,(H,32,39)(H,33,40)(H,34,38)(H,36,37)/t20-,21-,22-,23+,25+/m0/s1. The molecule has 1 saturated heterocycles. The van der Waals surface area contributed by atoms with E-state index in [0.717, 1.165) is 11.3 Å². The molecule has 1 aromatic rings. The van der Waals surface area contributed by atoms with Crippen LogP contribution in [0.1, 0.15) is 71.3 Å². The number of amides is 3. The zero-order valence-electron chi connectivity index (χ0n) is 24.6. The summed E-state index contributed by atoms with van der Waals surface area (Å²) in [7, 11) is 0. The molecule has 8 N–H and O–H groups in total. The number of hydrogen-bond acceptors (Lipinski definition) is 8. The summed E-state index contributed by atoms with van der Waals surface area (Å²) in [6, 6.07) is 3.97. The molecular weight excluding hydrogens is 530 g/mol. The number of aryl methyl sites for hydroxylation is 1. The number of anilines is 1. The normalized spacial score (nSPS) is 23.4. The highest BCUT2D eigenvalue weighted by molar-refractivity contribution is 5.94. The van der Waals surface area contributed by atoms with Gasteiger partial charge in [-0.3, -0.25) is 19.2 Å². The fraction of sp³-hybridized carbons (Fsp3) is 0.655. The number of carboxylic acid groups (broad SMARTS) is 1. The Labute approximate surface area is 242 Å². The lowest BCUT2D eigenvalue weighted by atomic mass is 9.96. The van der Waals surface area contributed by atoms with Crippen molar-refractivity contribution in [3.8, 4) is 0 Å². The third kappa shape index (κ3) is 11.3. The quantitative estimate of drug-likeness (QED) is 0.202. The van der Waals surface area contributed by atoms with Gasteiger partial charge in [-0.05, 0) is 65.0 Å². The Hall–Kier alpha value is -3.22. The molecule has 41 heavy (non-hydrogen) atoms. The molecule has 0 aliphatic carbocycles. The van der Waals surface area contributed by atoms with E-state index >= 15 is 0 Å². The Kier molecular flexibility index (Phi) is 13.5. The summed E-state index contributed by atoms with van der Waals surface area (Å²) < 4.78 is 6.05. The maximum Gasteiger partial charge on any atom is 0.303 e. The fourth-order valence-corrected chi connectivity index (χ4v) is 4.59. The van der Waals surface area contributed by atoms with Crippen molar-refractivity contribution in [3.05, 3.63) is 29.8 Å². The zero-order valence-corrected chi connectivity index (χ0v) is 24.6. The van der Waals surface area contributed by atoms with Crippen LogP contribution < -0.4 is 27.0 Å². The van der Waals surface area contributed by atoms with Crippen molar-refractivity contribution < 1.29 is 34.1 Å². The van der Waals surface area contributed by atoms with E-state index < -0.39 is 59.6 Å². The minimum Gasteiger partial charge on any atom is -0.481 e. The lowest BCUT2D eigenvalue weighted by Crippen LogP contribution is -2.63. The second-order valence-electron chi connectivity index (χ2n) is 11.2. The molecule has 2 rings (SSSR count). The average molecular weight is 578 g/mol. The van der Waals surface area contributed by atoms with E-state index in [1.807, 2.05) is 38.1 Å². The van der Waals surface area contributed by atoms with E-state index in [9.17, 15) is 24.3 Å². The van der Waals surface area contributed by atoms with Gasteiger partial charge in [0.15, 0.2) is 0 Å². The molecule has 1 aromatic carbocycles. The Bertz CT molecular complexity index is 1020. The van der Waals surface area contributed by atoms with E-state index in [1.54, 1.807) is 13.8 Å². The number of carboxylic acids is 1. The van der Waals surface area contributed by atoms with Crippen LogP contribution in [-0.2, 0) is 23.9 Å². The minimum atomic E-state index is -1.20. The van der Waals surface area contributed by atoms with Crippen molar-refractivity contribution in [3.63, 3.8) is 0 Å². The van der Waals surface area contributed by atoms with Gasteiger partial charge in [0, 0.05) is 25.3 Å². The first-order valence-electron chi connectivity index (χ1n) is 14.3. The predicted molar refractivity (Wildman–Crippen MR) is 155 cm³/mol. The van der Waals surface area contributed by atoms with Crippen LogP contribution in [0, 0.1) is 6.92 Å². The average Bonchev–Trinajstić information content (AvgIpc) is 2.92. The van der Waals surface area contributed by atoms with Crippen LogP contribution in [0.5, 0.6) is 0 Å². The highest BCUT2D eigenvalue weighted by atomic mass is 16.5. The number of carbonyl (C=O) groups excluding carboxylic acids is 3. The lowest BCUT2D eigenvalue weighted by Gasteiger charge is -2.35. The first kappa shape index (κ1) is 34.0. The molecule has 1 heterocycles.